The molecule has 1 aliphatic carbocycles. The number of hydrogen-bond acceptors (Lipinski definition) is 3. The fraction of sp³-hybridized carbons (Fsp3) is 0.846. The van der Waals surface area contributed by atoms with Crippen LogP contribution in [0.1, 0.15) is 39.5 Å². The van der Waals surface area contributed by atoms with E-state index >= 15 is 0 Å². The molecule has 2 N–H and O–H groups in total. The van der Waals surface area contributed by atoms with E-state index in [4.69, 9.17) is 0 Å². The monoisotopic (exact) mass is 255 g/mol. The summed E-state index contributed by atoms with van der Waals surface area (Å²) in [6.45, 7) is 6.56. The van der Waals surface area contributed by atoms with Crippen LogP contribution in [0.25, 0.3) is 0 Å². The summed E-state index contributed by atoms with van der Waals surface area (Å²) in [5.74, 6) is 0.131. The second-order valence-electron chi connectivity index (χ2n) is 4.64. The molecule has 0 spiro atoms. The van der Waals surface area contributed by atoms with Crippen LogP contribution >= 0.6 is 0 Å². The molecule has 1 fully saturated rings. The quantitative estimate of drug-likeness (QED) is 0.631. The third-order valence-corrected chi connectivity index (χ3v) is 3.14. The van der Waals surface area contributed by atoms with Crippen molar-refractivity contribution < 1.29 is 9.59 Å². The summed E-state index contributed by atoms with van der Waals surface area (Å²) in [5, 5.41) is 6.07. The van der Waals surface area contributed by atoms with Crippen LogP contribution in [0.4, 0.5) is 0 Å². The number of amides is 2. The summed E-state index contributed by atoms with van der Waals surface area (Å²) in [6, 6.07) is 0.641. The van der Waals surface area contributed by atoms with Crippen molar-refractivity contribution in [2.45, 2.75) is 45.6 Å². The maximum absolute atomic E-state index is 11.7. The topological polar surface area (TPSA) is 61.4 Å². The van der Waals surface area contributed by atoms with E-state index in [-0.39, 0.29) is 11.8 Å². The van der Waals surface area contributed by atoms with E-state index in [2.05, 4.69) is 10.6 Å². The molecular formula is C13H25N3O2. The Morgan fingerprint density at radius 1 is 1.11 bits per heavy atom. The van der Waals surface area contributed by atoms with Crippen LogP contribution < -0.4 is 10.6 Å². The summed E-state index contributed by atoms with van der Waals surface area (Å²) in [6.07, 6.45) is 3.36. The van der Waals surface area contributed by atoms with Gasteiger partial charge in [-0.15, -0.1) is 0 Å². The van der Waals surface area contributed by atoms with E-state index in [9.17, 15) is 9.59 Å². The van der Waals surface area contributed by atoms with E-state index in [0.29, 0.717) is 25.4 Å². The molecule has 0 aromatic carbocycles. The number of nitrogens with one attached hydrogen (secondary N) is 2. The Morgan fingerprint density at radius 2 is 1.78 bits per heavy atom. The SMILES string of the molecule is CCN(CC)C(=O)CCNC(=O)CCNC1CC1. The van der Waals surface area contributed by atoms with E-state index in [1.54, 1.807) is 4.90 Å². The van der Waals surface area contributed by atoms with E-state index in [0.717, 1.165) is 19.6 Å². The van der Waals surface area contributed by atoms with Gasteiger partial charge in [0.15, 0.2) is 0 Å². The highest BCUT2D eigenvalue weighted by molar-refractivity contribution is 5.79. The molecule has 0 heterocycles. The Balaban J connectivity index is 2.01. The smallest absolute Gasteiger partial charge is 0.224 e. The van der Waals surface area contributed by atoms with Crippen molar-refractivity contribution in [2.24, 2.45) is 0 Å². The largest absolute Gasteiger partial charge is 0.356 e. The lowest BCUT2D eigenvalue weighted by Crippen LogP contribution is -2.35. The van der Waals surface area contributed by atoms with Crippen LogP contribution in [0, 0.1) is 0 Å². The van der Waals surface area contributed by atoms with Crippen molar-refractivity contribution in [3.8, 4) is 0 Å². The van der Waals surface area contributed by atoms with Gasteiger partial charge in [0.1, 0.15) is 0 Å². The molecule has 5 heteroatoms. The van der Waals surface area contributed by atoms with Gasteiger partial charge in [-0.25, -0.2) is 0 Å². The first kappa shape index (κ1) is 15.0. The minimum Gasteiger partial charge on any atom is -0.356 e. The second kappa shape index (κ2) is 8.08. The highest BCUT2D eigenvalue weighted by atomic mass is 16.2. The zero-order chi connectivity index (χ0) is 13.4. The molecular weight excluding hydrogens is 230 g/mol. The van der Waals surface area contributed by atoms with Gasteiger partial charge < -0.3 is 15.5 Å². The third-order valence-electron chi connectivity index (χ3n) is 3.14. The molecule has 2 amide bonds. The third kappa shape index (κ3) is 6.00. The molecule has 0 radical (unpaired) electrons. The van der Waals surface area contributed by atoms with Gasteiger partial charge >= 0.3 is 0 Å². The highest BCUT2D eigenvalue weighted by Crippen LogP contribution is 2.18. The van der Waals surface area contributed by atoms with E-state index < -0.39 is 0 Å². The molecule has 0 aromatic heterocycles. The van der Waals surface area contributed by atoms with Crippen molar-refractivity contribution in [1.29, 1.82) is 0 Å². The maximum atomic E-state index is 11.7. The lowest BCUT2D eigenvalue weighted by atomic mass is 10.3. The summed E-state index contributed by atoms with van der Waals surface area (Å²) in [4.78, 5) is 24.9. The molecule has 18 heavy (non-hydrogen) atoms. The van der Waals surface area contributed by atoms with Gasteiger partial charge in [-0.1, -0.05) is 0 Å². The van der Waals surface area contributed by atoms with Gasteiger partial charge in [0, 0.05) is 45.1 Å². The molecule has 5 nitrogen and oxygen atoms in total. The van der Waals surface area contributed by atoms with Crippen molar-refractivity contribution in [3.05, 3.63) is 0 Å². The van der Waals surface area contributed by atoms with Gasteiger partial charge in [-0.2, -0.15) is 0 Å². The number of rotatable bonds is 9. The van der Waals surface area contributed by atoms with Gasteiger partial charge in [0.2, 0.25) is 11.8 Å². The minimum absolute atomic E-state index is 0.0236. The van der Waals surface area contributed by atoms with E-state index in [1.807, 2.05) is 13.8 Å². The first-order valence-corrected chi connectivity index (χ1v) is 6.95. The van der Waals surface area contributed by atoms with Crippen LogP contribution in [0.2, 0.25) is 0 Å². The van der Waals surface area contributed by atoms with Gasteiger partial charge in [-0.3, -0.25) is 9.59 Å². The van der Waals surface area contributed by atoms with Crippen LogP contribution in [0.5, 0.6) is 0 Å². The van der Waals surface area contributed by atoms with Crippen molar-refractivity contribution in [3.63, 3.8) is 0 Å². The van der Waals surface area contributed by atoms with Crippen molar-refractivity contribution in [1.82, 2.24) is 15.5 Å². The first-order valence-electron chi connectivity index (χ1n) is 6.95. The lowest BCUT2D eigenvalue weighted by Gasteiger charge is -2.18. The molecule has 0 aromatic rings. The number of nitrogens with zero attached hydrogens (tertiary/aromatic N) is 1. The average Bonchev–Trinajstić information content (AvgIpc) is 3.14. The van der Waals surface area contributed by atoms with Crippen LogP contribution in [0.15, 0.2) is 0 Å². The zero-order valence-corrected chi connectivity index (χ0v) is 11.5. The predicted molar refractivity (Wildman–Crippen MR) is 71.2 cm³/mol. The highest BCUT2D eigenvalue weighted by Gasteiger charge is 2.20. The maximum Gasteiger partial charge on any atom is 0.224 e. The number of hydrogen-bond donors (Lipinski definition) is 2. The molecule has 0 bridgehead atoms. The molecule has 0 saturated heterocycles. The second-order valence-corrected chi connectivity index (χ2v) is 4.64. The van der Waals surface area contributed by atoms with Gasteiger partial charge in [0.25, 0.3) is 0 Å². The normalized spacial score (nSPS) is 14.3. The molecule has 0 unspecified atom stereocenters. The van der Waals surface area contributed by atoms with Crippen LogP contribution in [0.3, 0.4) is 0 Å². The summed E-state index contributed by atoms with van der Waals surface area (Å²) in [5.41, 5.74) is 0. The molecule has 0 atom stereocenters. The number of carbonyl (C=O) groups is 2. The van der Waals surface area contributed by atoms with E-state index in [1.165, 1.54) is 12.8 Å². The first-order chi connectivity index (χ1) is 8.67. The predicted octanol–water partition coefficient (Wildman–Crippen LogP) is 0.503. The molecule has 104 valence electrons. The Bertz CT molecular complexity index is 273. The summed E-state index contributed by atoms with van der Waals surface area (Å²) in [7, 11) is 0. The molecule has 1 aliphatic rings. The average molecular weight is 255 g/mol. The van der Waals surface area contributed by atoms with Crippen molar-refractivity contribution in [2.75, 3.05) is 26.2 Å². The Morgan fingerprint density at radius 3 is 2.33 bits per heavy atom. The number of carbonyl (C=O) groups excluding carboxylic acids is 2. The van der Waals surface area contributed by atoms with Crippen molar-refractivity contribution >= 4 is 11.8 Å². The molecule has 1 rings (SSSR count). The fourth-order valence-corrected chi connectivity index (χ4v) is 1.81. The van der Waals surface area contributed by atoms with Gasteiger partial charge in [-0.05, 0) is 26.7 Å². The Hall–Kier alpha value is -1.10. The zero-order valence-electron chi connectivity index (χ0n) is 11.5. The Kier molecular flexibility index (Phi) is 6.72. The molecule has 0 aliphatic heterocycles. The standard InChI is InChI=1S/C13H25N3O2/c1-3-16(4-2)13(18)8-10-15-12(17)7-9-14-11-5-6-11/h11,14H,3-10H2,1-2H3,(H,15,17). The minimum atomic E-state index is 0.0236. The summed E-state index contributed by atoms with van der Waals surface area (Å²) >= 11 is 0. The van der Waals surface area contributed by atoms with Crippen LogP contribution in [-0.4, -0.2) is 48.9 Å². The summed E-state index contributed by atoms with van der Waals surface area (Å²) < 4.78 is 0. The Labute approximate surface area is 109 Å². The lowest BCUT2D eigenvalue weighted by molar-refractivity contribution is -0.130. The molecule has 1 saturated carbocycles. The van der Waals surface area contributed by atoms with Crippen LogP contribution in [-0.2, 0) is 9.59 Å². The van der Waals surface area contributed by atoms with Gasteiger partial charge in [0.05, 0.1) is 0 Å². The fourth-order valence-electron chi connectivity index (χ4n) is 1.81.